The monoisotopic (exact) mass is 240 g/mol. The molecule has 1 heterocycles. The van der Waals surface area contributed by atoms with Crippen LogP contribution in [0.1, 0.15) is 45.4 Å². The largest absolute Gasteiger partial charge is 0.379 e. The Labute approximate surface area is 103 Å². The van der Waals surface area contributed by atoms with Crippen LogP contribution in [0.2, 0.25) is 0 Å². The van der Waals surface area contributed by atoms with E-state index in [2.05, 4.69) is 12.2 Å². The Kier molecular flexibility index (Phi) is 4.05. The molecule has 1 aliphatic heterocycles. The second-order valence-corrected chi connectivity index (χ2v) is 5.83. The Balaban J connectivity index is 1.87. The number of carbonyl (C=O) groups is 1. The van der Waals surface area contributed by atoms with E-state index in [1.807, 2.05) is 0 Å². The summed E-state index contributed by atoms with van der Waals surface area (Å²) in [7, 11) is 0. The normalized spacial score (nSPS) is 38.7. The average molecular weight is 240 g/mol. The summed E-state index contributed by atoms with van der Waals surface area (Å²) in [5.74, 6) is 0.283. The van der Waals surface area contributed by atoms with Crippen molar-refractivity contribution < 1.29 is 9.53 Å². The van der Waals surface area contributed by atoms with Gasteiger partial charge in [-0.1, -0.05) is 6.42 Å². The summed E-state index contributed by atoms with van der Waals surface area (Å²) in [6, 6.07) is 0.204. The number of nitrogens with one attached hydrogen (secondary N) is 1. The van der Waals surface area contributed by atoms with Gasteiger partial charge in [0.15, 0.2) is 0 Å². The second kappa shape index (κ2) is 5.36. The molecule has 1 amide bonds. The number of hydrogen-bond donors (Lipinski definition) is 2. The highest BCUT2D eigenvalue weighted by Gasteiger charge is 2.33. The average Bonchev–Trinajstić information content (AvgIpc) is 2.29. The van der Waals surface area contributed by atoms with Gasteiger partial charge in [-0.05, 0) is 39.0 Å². The number of amides is 1. The van der Waals surface area contributed by atoms with Crippen molar-refractivity contribution in [3.63, 3.8) is 0 Å². The molecule has 1 saturated heterocycles. The quantitative estimate of drug-likeness (QED) is 0.762. The topological polar surface area (TPSA) is 64.4 Å². The van der Waals surface area contributed by atoms with E-state index in [1.54, 1.807) is 0 Å². The molecule has 2 aliphatic rings. The highest BCUT2D eigenvalue weighted by atomic mass is 16.5. The first-order chi connectivity index (χ1) is 8.09. The summed E-state index contributed by atoms with van der Waals surface area (Å²) in [5, 5.41) is 3.17. The van der Waals surface area contributed by atoms with E-state index in [-0.39, 0.29) is 23.4 Å². The van der Waals surface area contributed by atoms with Gasteiger partial charge in [-0.15, -0.1) is 0 Å². The highest BCUT2D eigenvalue weighted by molar-refractivity contribution is 5.79. The van der Waals surface area contributed by atoms with Crippen molar-refractivity contribution in [1.29, 1.82) is 0 Å². The highest BCUT2D eigenvalue weighted by Crippen LogP contribution is 2.25. The van der Waals surface area contributed by atoms with E-state index in [9.17, 15) is 4.79 Å². The Morgan fingerprint density at radius 3 is 2.88 bits per heavy atom. The van der Waals surface area contributed by atoms with E-state index >= 15 is 0 Å². The number of carbonyl (C=O) groups excluding carboxylic acids is 1. The molecular formula is C13H24N2O2. The maximum absolute atomic E-state index is 12.2. The number of hydrogen-bond acceptors (Lipinski definition) is 3. The fourth-order valence-corrected chi connectivity index (χ4v) is 2.90. The van der Waals surface area contributed by atoms with Gasteiger partial charge >= 0.3 is 0 Å². The van der Waals surface area contributed by atoms with E-state index in [0.717, 1.165) is 45.1 Å². The SMILES string of the molecule is CC1(NC(=O)C2CCCC(N)C2)CCCOC1. The first kappa shape index (κ1) is 12.8. The van der Waals surface area contributed by atoms with Crippen LogP contribution in [0.3, 0.4) is 0 Å². The van der Waals surface area contributed by atoms with Gasteiger partial charge in [0.1, 0.15) is 0 Å². The smallest absolute Gasteiger partial charge is 0.223 e. The number of rotatable bonds is 2. The van der Waals surface area contributed by atoms with Gasteiger partial charge < -0.3 is 15.8 Å². The van der Waals surface area contributed by atoms with Crippen LogP contribution in [0.5, 0.6) is 0 Å². The molecule has 0 radical (unpaired) electrons. The maximum Gasteiger partial charge on any atom is 0.223 e. The Hall–Kier alpha value is -0.610. The minimum atomic E-state index is -0.170. The predicted molar refractivity (Wildman–Crippen MR) is 66.5 cm³/mol. The molecule has 0 bridgehead atoms. The summed E-state index contributed by atoms with van der Waals surface area (Å²) in [4.78, 5) is 12.2. The van der Waals surface area contributed by atoms with E-state index in [4.69, 9.17) is 10.5 Å². The lowest BCUT2D eigenvalue weighted by Crippen LogP contribution is -2.54. The van der Waals surface area contributed by atoms with Crippen molar-refractivity contribution in [3.05, 3.63) is 0 Å². The Morgan fingerprint density at radius 2 is 2.24 bits per heavy atom. The third kappa shape index (κ3) is 3.42. The standard InChI is InChI=1S/C13H24N2O2/c1-13(6-3-7-17-9-13)15-12(16)10-4-2-5-11(14)8-10/h10-11H,2-9,14H2,1H3,(H,15,16). The van der Waals surface area contributed by atoms with Gasteiger partial charge in [-0.3, -0.25) is 4.79 Å². The molecule has 0 spiro atoms. The molecule has 0 aromatic rings. The van der Waals surface area contributed by atoms with Crippen LogP contribution in [0.25, 0.3) is 0 Å². The zero-order valence-corrected chi connectivity index (χ0v) is 10.7. The lowest BCUT2D eigenvalue weighted by molar-refractivity contribution is -0.129. The summed E-state index contributed by atoms with van der Waals surface area (Å²) < 4.78 is 5.46. The minimum Gasteiger partial charge on any atom is -0.379 e. The number of ether oxygens (including phenoxy) is 1. The molecule has 1 aliphatic carbocycles. The molecule has 1 saturated carbocycles. The fraction of sp³-hybridized carbons (Fsp3) is 0.923. The third-order valence-electron chi connectivity index (χ3n) is 3.95. The molecule has 3 unspecified atom stereocenters. The number of nitrogens with two attached hydrogens (primary N) is 1. The van der Waals surface area contributed by atoms with Crippen molar-refractivity contribution in [2.75, 3.05) is 13.2 Å². The summed E-state index contributed by atoms with van der Waals surface area (Å²) in [5.41, 5.74) is 5.75. The van der Waals surface area contributed by atoms with Crippen molar-refractivity contribution >= 4 is 5.91 Å². The molecule has 98 valence electrons. The Bertz CT molecular complexity index is 275. The molecule has 2 fully saturated rings. The van der Waals surface area contributed by atoms with Crippen LogP contribution < -0.4 is 11.1 Å². The summed E-state index contributed by atoms with van der Waals surface area (Å²) >= 11 is 0. The molecule has 2 rings (SSSR count). The van der Waals surface area contributed by atoms with Crippen molar-refractivity contribution in [1.82, 2.24) is 5.32 Å². The fourth-order valence-electron chi connectivity index (χ4n) is 2.90. The molecule has 0 aromatic heterocycles. The second-order valence-electron chi connectivity index (χ2n) is 5.83. The zero-order chi connectivity index (χ0) is 12.3. The molecule has 17 heavy (non-hydrogen) atoms. The van der Waals surface area contributed by atoms with E-state index < -0.39 is 0 Å². The van der Waals surface area contributed by atoms with Gasteiger partial charge in [0.05, 0.1) is 12.1 Å². The minimum absolute atomic E-state index is 0.109. The summed E-state index contributed by atoms with van der Waals surface area (Å²) in [6.07, 6.45) is 5.99. The molecule has 4 heteroatoms. The van der Waals surface area contributed by atoms with Gasteiger partial charge in [0.2, 0.25) is 5.91 Å². The lowest BCUT2D eigenvalue weighted by atomic mass is 9.84. The third-order valence-corrected chi connectivity index (χ3v) is 3.95. The van der Waals surface area contributed by atoms with Crippen LogP contribution in [0, 0.1) is 5.92 Å². The molecule has 3 atom stereocenters. The van der Waals surface area contributed by atoms with Gasteiger partial charge in [-0.25, -0.2) is 0 Å². The van der Waals surface area contributed by atoms with Crippen LogP contribution in [-0.2, 0) is 9.53 Å². The predicted octanol–water partition coefficient (Wildman–Crippen LogP) is 1.19. The van der Waals surface area contributed by atoms with Crippen LogP contribution >= 0.6 is 0 Å². The van der Waals surface area contributed by atoms with Crippen LogP contribution in [0.15, 0.2) is 0 Å². The molecule has 4 nitrogen and oxygen atoms in total. The van der Waals surface area contributed by atoms with Gasteiger partial charge in [0.25, 0.3) is 0 Å². The molecule has 0 aromatic carbocycles. The van der Waals surface area contributed by atoms with Crippen molar-refractivity contribution in [2.45, 2.75) is 57.0 Å². The Morgan fingerprint density at radius 1 is 1.41 bits per heavy atom. The first-order valence-electron chi connectivity index (χ1n) is 6.74. The van der Waals surface area contributed by atoms with Crippen LogP contribution in [-0.4, -0.2) is 30.7 Å². The zero-order valence-electron chi connectivity index (χ0n) is 10.7. The molecule has 3 N–H and O–H groups in total. The van der Waals surface area contributed by atoms with Crippen LogP contribution in [0.4, 0.5) is 0 Å². The first-order valence-corrected chi connectivity index (χ1v) is 6.74. The maximum atomic E-state index is 12.2. The van der Waals surface area contributed by atoms with E-state index in [0.29, 0.717) is 6.61 Å². The summed E-state index contributed by atoms with van der Waals surface area (Å²) in [6.45, 7) is 3.53. The van der Waals surface area contributed by atoms with Gasteiger partial charge in [-0.2, -0.15) is 0 Å². The lowest BCUT2D eigenvalue weighted by Gasteiger charge is -2.36. The van der Waals surface area contributed by atoms with E-state index in [1.165, 1.54) is 0 Å². The van der Waals surface area contributed by atoms with Crippen molar-refractivity contribution in [3.8, 4) is 0 Å². The van der Waals surface area contributed by atoms with Gasteiger partial charge in [0, 0.05) is 18.6 Å². The van der Waals surface area contributed by atoms with Crippen molar-refractivity contribution in [2.24, 2.45) is 11.7 Å². The molecular weight excluding hydrogens is 216 g/mol.